The van der Waals surface area contributed by atoms with Crippen LogP contribution in [0, 0.1) is 10.8 Å². The summed E-state index contributed by atoms with van der Waals surface area (Å²) in [6.45, 7) is 20.7. The van der Waals surface area contributed by atoms with E-state index in [2.05, 4.69) is 74.2 Å². The summed E-state index contributed by atoms with van der Waals surface area (Å²) in [6, 6.07) is 0. The molecule has 0 amide bonds. The van der Waals surface area contributed by atoms with Crippen LogP contribution in [0.1, 0.15) is 108 Å². The first-order valence-electron chi connectivity index (χ1n) is 16.4. The van der Waals surface area contributed by atoms with E-state index in [-0.39, 0.29) is 10.8 Å². The van der Waals surface area contributed by atoms with Crippen molar-refractivity contribution in [1.29, 1.82) is 0 Å². The molecule has 0 fully saturated rings. The quantitative estimate of drug-likeness (QED) is 0.153. The lowest BCUT2D eigenvalue weighted by atomic mass is 9.72. The van der Waals surface area contributed by atoms with Gasteiger partial charge in [0, 0.05) is 12.2 Å². The Balaban J connectivity index is 1.92. The molecule has 2 aliphatic rings. The summed E-state index contributed by atoms with van der Waals surface area (Å²) in [7, 11) is -4.89. The van der Waals surface area contributed by atoms with Crippen LogP contribution in [0.4, 0.5) is 0 Å². The van der Waals surface area contributed by atoms with E-state index in [1.165, 1.54) is 48.0 Å². The minimum Gasteiger partial charge on any atom is -0.312 e. The van der Waals surface area contributed by atoms with Gasteiger partial charge in [-0.25, -0.2) is 9.59 Å². The van der Waals surface area contributed by atoms with E-state index in [1.54, 1.807) is 38.2 Å². The number of carbonyl (C=O) groups excluding carboxylic acids is 2. The van der Waals surface area contributed by atoms with Crippen molar-refractivity contribution in [3.05, 3.63) is 117 Å². The summed E-state index contributed by atoms with van der Waals surface area (Å²) in [6.07, 6.45) is 28.2. The average Bonchev–Trinajstić information content (AvgIpc) is 2.90. The Labute approximate surface area is 284 Å². The number of carbonyl (C=O) groups is 2. The maximum absolute atomic E-state index is 12.2. The highest BCUT2D eigenvalue weighted by Crippen LogP contribution is 2.41. The van der Waals surface area contributed by atoms with Crippen molar-refractivity contribution in [2.45, 2.75) is 108 Å². The molecule has 0 atom stereocenters. The predicted octanol–water partition coefficient (Wildman–Crippen LogP) is 10.4. The Morgan fingerprint density at radius 1 is 0.617 bits per heavy atom. The molecule has 256 valence electrons. The Hall–Kier alpha value is -3.71. The smallest absolute Gasteiger partial charge is 0.312 e. The van der Waals surface area contributed by atoms with Crippen molar-refractivity contribution >= 4 is 22.3 Å². The lowest BCUT2D eigenvalue weighted by molar-refractivity contribution is -0.132. The molecular formula is C40H54O6S. The van der Waals surface area contributed by atoms with Gasteiger partial charge in [0.15, 0.2) is 0 Å². The van der Waals surface area contributed by atoms with E-state index >= 15 is 0 Å². The van der Waals surface area contributed by atoms with Gasteiger partial charge in [-0.05, 0) is 113 Å². The predicted molar refractivity (Wildman–Crippen MR) is 193 cm³/mol. The van der Waals surface area contributed by atoms with E-state index in [1.807, 2.05) is 26.0 Å². The van der Waals surface area contributed by atoms with Gasteiger partial charge in [0.25, 0.3) is 0 Å². The van der Waals surface area contributed by atoms with Crippen LogP contribution in [0.2, 0.25) is 0 Å². The summed E-state index contributed by atoms with van der Waals surface area (Å²) in [5, 5.41) is 0. The van der Waals surface area contributed by atoms with Crippen LogP contribution >= 0.6 is 0 Å². The molecule has 47 heavy (non-hydrogen) atoms. The van der Waals surface area contributed by atoms with Gasteiger partial charge in [-0.3, -0.25) is 0 Å². The van der Waals surface area contributed by atoms with Crippen molar-refractivity contribution in [2.75, 3.05) is 0 Å². The highest BCUT2D eigenvalue weighted by Gasteiger charge is 2.27. The van der Waals surface area contributed by atoms with Crippen LogP contribution in [0.3, 0.4) is 0 Å². The largest absolute Gasteiger partial charge is 0.506 e. The zero-order valence-corrected chi connectivity index (χ0v) is 30.8. The number of allylic oxidation sites excluding steroid dienone is 18. The van der Waals surface area contributed by atoms with Crippen LogP contribution in [0.25, 0.3) is 0 Å². The van der Waals surface area contributed by atoms with E-state index in [0.29, 0.717) is 11.1 Å². The Morgan fingerprint density at radius 3 is 1.32 bits per heavy atom. The van der Waals surface area contributed by atoms with Gasteiger partial charge >= 0.3 is 22.3 Å². The van der Waals surface area contributed by atoms with E-state index < -0.39 is 22.3 Å². The molecule has 6 nitrogen and oxygen atoms in total. The molecular weight excluding hydrogens is 609 g/mol. The van der Waals surface area contributed by atoms with Gasteiger partial charge < -0.3 is 8.37 Å². The third kappa shape index (κ3) is 13.9. The normalized spacial score (nSPS) is 20.3. The number of rotatable bonds is 12. The molecule has 7 heteroatoms. The number of hydrogen-bond acceptors (Lipinski definition) is 6. The third-order valence-corrected chi connectivity index (χ3v) is 9.34. The van der Waals surface area contributed by atoms with E-state index in [4.69, 9.17) is 0 Å². The first kappa shape index (κ1) is 39.5. The highest BCUT2D eigenvalue weighted by molar-refractivity contribution is 7.82. The minimum atomic E-state index is -4.89. The van der Waals surface area contributed by atoms with Gasteiger partial charge in [0.05, 0.1) is 0 Å². The number of hydrogen-bond donors (Lipinski definition) is 0. The van der Waals surface area contributed by atoms with Crippen molar-refractivity contribution < 1.29 is 26.4 Å². The zero-order valence-electron chi connectivity index (χ0n) is 30.0. The second-order valence-electron chi connectivity index (χ2n) is 14.1. The van der Waals surface area contributed by atoms with Crippen LogP contribution < -0.4 is 0 Å². The fourth-order valence-corrected chi connectivity index (χ4v) is 6.53. The van der Waals surface area contributed by atoms with Gasteiger partial charge in [-0.1, -0.05) is 111 Å². The summed E-state index contributed by atoms with van der Waals surface area (Å²) in [5.74, 6) is -2.33. The average molecular weight is 663 g/mol. The molecule has 0 aromatic heterocycles. The first-order valence-corrected chi connectivity index (χ1v) is 17.7. The topological polar surface area (TPSA) is 86.7 Å². The molecule has 0 saturated heterocycles. The monoisotopic (exact) mass is 662 g/mol. The van der Waals surface area contributed by atoms with Crippen molar-refractivity contribution in [1.82, 2.24) is 0 Å². The maximum atomic E-state index is 12.2. The van der Waals surface area contributed by atoms with E-state index in [9.17, 15) is 18.0 Å². The molecule has 0 saturated carbocycles. The van der Waals surface area contributed by atoms with Crippen LogP contribution in [-0.4, -0.2) is 20.4 Å². The zero-order chi connectivity index (χ0) is 35.4. The first-order chi connectivity index (χ1) is 21.8. The molecule has 0 aromatic carbocycles. The Morgan fingerprint density at radius 2 is 0.979 bits per heavy atom. The lowest BCUT2D eigenvalue weighted by Crippen LogP contribution is -2.19. The summed E-state index contributed by atoms with van der Waals surface area (Å²) < 4.78 is 33.1. The van der Waals surface area contributed by atoms with Crippen LogP contribution in [-0.2, 0) is 28.4 Å². The molecule has 0 aromatic rings. The third-order valence-electron chi connectivity index (χ3n) is 8.61. The molecule has 0 bridgehead atoms. The lowest BCUT2D eigenvalue weighted by Gasteiger charge is -2.33. The summed E-state index contributed by atoms with van der Waals surface area (Å²) in [5.41, 5.74) is 8.91. The fraction of sp³-hybridized carbons (Fsp3) is 0.450. The molecule has 0 unspecified atom stereocenters. The van der Waals surface area contributed by atoms with Gasteiger partial charge in [-0.2, -0.15) is 0 Å². The van der Waals surface area contributed by atoms with Crippen molar-refractivity contribution in [3.63, 3.8) is 0 Å². The highest BCUT2D eigenvalue weighted by atomic mass is 32.3. The molecule has 0 N–H and O–H groups in total. The molecule has 0 heterocycles. The summed E-state index contributed by atoms with van der Waals surface area (Å²) >= 11 is 0. The second-order valence-corrected chi connectivity index (χ2v) is 15.2. The molecule has 0 spiro atoms. The maximum Gasteiger partial charge on any atom is 0.506 e. The molecule has 0 aliphatic heterocycles. The Kier molecular flexibility index (Phi) is 14.6. The van der Waals surface area contributed by atoms with E-state index in [0.717, 1.165) is 36.1 Å². The molecule has 2 aliphatic carbocycles. The fourth-order valence-electron chi connectivity index (χ4n) is 6.00. The Bertz CT molecular complexity index is 1500. The second kappa shape index (κ2) is 17.4. The van der Waals surface area contributed by atoms with Crippen LogP contribution in [0.15, 0.2) is 117 Å². The van der Waals surface area contributed by atoms with Gasteiger partial charge in [0.2, 0.25) is 0 Å². The summed E-state index contributed by atoms with van der Waals surface area (Å²) in [4.78, 5) is 24.4. The van der Waals surface area contributed by atoms with Crippen LogP contribution in [0.5, 0.6) is 0 Å². The molecule has 0 radical (unpaired) electrons. The van der Waals surface area contributed by atoms with Crippen molar-refractivity contribution in [2.24, 2.45) is 10.8 Å². The minimum absolute atomic E-state index is 0.160. The van der Waals surface area contributed by atoms with Crippen molar-refractivity contribution in [3.8, 4) is 0 Å². The standard InChI is InChI=1S/C40H54O6S/c1-29(21-23-35-33(5)19-13-25-39(35,7)8)15-11-17-31(3)27-37(41)45-47(43,44)46-38(42)28-32(4)18-12-16-30(2)22-24-36-34(6)20-14-26-40(36,9)10/h11-12,15-18,21-24,27-28H,13-14,19-20,25-26H2,1-10H3/b17-11+,18-12+,23-21+,24-22+,29-15+,30-16+,31-27+,32-28+. The molecule has 2 rings (SSSR count). The van der Waals surface area contributed by atoms with Gasteiger partial charge in [-0.15, -0.1) is 8.42 Å². The van der Waals surface area contributed by atoms with Gasteiger partial charge in [0.1, 0.15) is 0 Å². The SMILES string of the molecule is CC1=C(/C=C/C(C)=C/C=C/C(C)=C/C(=O)OS(=O)(=O)OC(=O)/C=C(C)/C=C/C=C(C)/C=C/C2=C(C)CCCC2(C)C)C(C)(C)CCC1.